The molecular weight excluding hydrogens is 497 g/mol. The molecule has 0 radical (unpaired) electrons. The number of halogens is 3. The standard InChI is InChI=1S/C24H22BrCl2N3O/c1-15(2)11-24(30-21(31)10-18-9-8-17(25)14-29-18)12-20(26)22(23(27)19(24)13-28)16-6-4-3-5-7-16/h3-9,12,14-15,19H,10-11H2,1-2H3,(H,30,31). The van der Waals surface area contributed by atoms with Gasteiger partial charge in [-0.15, -0.1) is 0 Å². The highest BCUT2D eigenvalue weighted by Gasteiger charge is 2.45. The van der Waals surface area contributed by atoms with E-state index in [1.165, 1.54) is 0 Å². The predicted octanol–water partition coefficient (Wildman–Crippen LogP) is 6.21. The highest BCUT2D eigenvalue weighted by Crippen LogP contribution is 2.46. The Labute approximate surface area is 201 Å². The molecular formula is C24H22BrCl2N3O. The molecule has 1 N–H and O–H groups in total. The fourth-order valence-corrected chi connectivity index (χ4v) is 5.05. The normalized spacial score (nSPS) is 20.9. The van der Waals surface area contributed by atoms with Gasteiger partial charge in [0.25, 0.3) is 0 Å². The second kappa shape index (κ2) is 9.99. The molecule has 0 saturated heterocycles. The molecule has 0 saturated carbocycles. The van der Waals surface area contributed by atoms with Crippen molar-refractivity contribution in [3.8, 4) is 6.07 Å². The molecule has 0 aliphatic heterocycles. The Hall–Kier alpha value is -2.13. The Morgan fingerprint density at radius 1 is 1.26 bits per heavy atom. The van der Waals surface area contributed by atoms with Crippen molar-refractivity contribution < 1.29 is 4.79 Å². The number of nitrogens with zero attached hydrogens (tertiary/aromatic N) is 2. The van der Waals surface area contributed by atoms with Crippen molar-refractivity contribution in [3.05, 3.63) is 80.5 Å². The van der Waals surface area contributed by atoms with Gasteiger partial charge in [-0.1, -0.05) is 67.4 Å². The topological polar surface area (TPSA) is 65.8 Å². The summed E-state index contributed by atoms with van der Waals surface area (Å²) in [7, 11) is 0. The molecule has 1 aromatic carbocycles. The number of amides is 1. The lowest BCUT2D eigenvalue weighted by Crippen LogP contribution is -2.54. The van der Waals surface area contributed by atoms with Gasteiger partial charge in [-0.3, -0.25) is 9.78 Å². The van der Waals surface area contributed by atoms with Gasteiger partial charge in [0.1, 0.15) is 5.92 Å². The molecule has 1 aliphatic rings. The number of allylic oxidation sites excluding steroid dienone is 2. The lowest BCUT2D eigenvalue weighted by atomic mass is 9.73. The number of carbonyl (C=O) groups is 1. The number of aromatic nitrogens is 1. The van der Waals surface area contributed by atoms with Gasteiger partial charge in [0.05, 0.1) is 18.0 Å². The summed E-state index contributed by atoms with van der Waals surface area (Å²) in [5.74, 6) is -0.828. The van der Waals surface area contributed by atoms with Crippen LogP contribution in [-0.4, -0.2) is 16.4 Å². The van der Waals surface area contributed by atoms with E-state index in [4.69, 9.17) is 23.2 Å². The van der Waals surface area contributed by atoms with E-state index in [1.807, 2.05) is 50.2 Å². The van der Waals surface area contributed by atoms with Crippen molar-refractivity contribution in [1.29, 1.82) is 5.26 Å². The van der Waals surface area contributed by atoms with Crippen LogP contribution in [0.4, 0.5) is 0 Å². The molecule has 31 heavy (non-hydrogen) atoms. The Balaban J connectivity index is 1.98. The van der Waals surface area contributed by atoms with E-state index in [0.29, 0.717) is 27.8 Å². The highest BCUT2D eigenvalue weighted by molar-refractivity contribution is 9.10. The zero-order chi connectivity index (χ0) is 22.6. The van der Waals surface area contributed by atoms with Crippen LogP contribution in [0.15, 0.2) is 69.3 Å². The average Bonchev–Trinajstić information content (AvgIpc) is 2.70. The van der Waals surface area contributed by atoms with Gasteiger partial charge in [-0.05, 0) is 52.0 Å². The quantitative estimate of drug-likeness (QED) is 0.494. The Bertz CT molecular complexity index is 1060. The predicted molar refractivity (Wildman–Crippen MR) is 128 cm³/mol. The van der Waals surface area contributed by atoms with Gasteiger partial charge in [-0.2, -0.15) is 5.26 Å². The van der Waals surface area contributed by atoms with Crippen LogP contribution in [0.5, 0.6) is 0 Å². The number of carbonyl (C=O) groups excluding carboxylic acids is 1. The van der Waals surface area contributed by atoms with Crippen LogP contribution in [0.3, 0.4) is 0 Å². The Morgan fingerprint density at radius 2 is 1.97 bits per heavy atom. The molecule has 3 rings (SSSR count). The second-order valence-corrected chi connectivity index (χ2v) is 9.70. The first-order valence-electron chi connectivity index (χ1n) is 9.90. The van der Waals surface area contributed by atoms with Crippen LogP contribution >= 0.6 is 39.1 Å². The minimum Gasteiger partial charge on any atom is -0.345 e. The summed E-state index contributed by atoms with van der Waals surface area (Å²) in [4.78, 5) is 17.2. The summed E-state index contributed by atoms with van der Waals surface area (Å²) in [6.07, 6.45) is 4.03. The summed E-state index contributed by atoms with van der Waals surface area (Å²) in [6.45, 7) is 4.06. The van der Waals surface area contributed by atoms with Crippen molar-refractivity contribution in [2.24, 2.45) is 11.8 Å². The molecule has 0 spiro atoms. The number of nitrogens with one attached hydrogen (secondary N) is 1. The summed E-state index contributed by atoms with van der Waals surface area (Å²) < 4.78 is 0.838. The third-order valence-corrected chi connectivity index (χ3v) is 6.24. The number of hydrogen-bond acceptors (Lipinski definition) is 3. The summed E-state index contributed by atoms with van der Waals surface area (Å²) in [6, 6.07) is 15.4. The first kappa shape index (κ1) is 23.5. The number of hydrogen-bond donors (Lipinski definition) is 1. The minimum atomic E-state index is -1.01. The summed E-state index contributed by atoms with van der Waals surface area (Å²) in [5.41, 5.74) is 1.07. The molecule has 1 aliphatic carbocycles. The smallest absolute Gasteiger partial charge is 0.226 e. The van der Waals surface area contributed by atoms with Gasteiger partial charge in [0, 0.05) is 32.0 Å². The number of rotatable bonds is 6. The molecule has 160 valence electrons. The molecule has 1 aromatic heterocycles. The van der Waals surface area contributed by atoms with E-state index in [0.717, 1.165) is 10.0 Å². The fourth-order valence-electron chi connectivity index (χ4n) is 3.91. The maximum absolute atomic E-state index is 13.0. The molecule has 2 atom stereocenters. The van der Waals surface area contributed by atoms with E-state index in [9.17, 15) is 10.1 Å². The van der Waals surface area contributed by atoms with E-state index in [-0.39, 0.29) is 18.2 Å². The van der Waals surface area contributed by atoms with E-state index in [2.05, 4.69) is 32.3 Å². The van der Waals surface area contributed by atoms with Gasteiger partial charge >= 0.3 is 0 Å². The molecule has 0 fully saturated rings. The van der Waals surface area contributed by atoms with Gasteiger partial charge in [-0.25, -0.2) is 0 Å². The SMILES string of the molecule is CC(C)CC1(NC(=O)Cc2ccc(Br)cn2)C=C(Cl)C(c2ccccc2)=C(Cl)C1C#N. The van der Waals surface area contributed by atoms with Crippen LogP contribution in [0.25, 0.3) is 5.57 Å². The van der Waals surface area contributed by atoms with Gasteiger partial charge < -0.3 is 5.32 Å². The first-order valence-corrected chi connectivity index (χ1v) is 11.5. The van der Waals surface area contributed by atoms with Crippen LogP contribution in [0, 0.1) is 23.2 Å². The van der Waals surface area contributed by atoms with Crippen molar-refractivity contribution in [2.45, 2.75) is 32.2 Å². The third-order valence-electron chi connectivity index (χ3n) is 5.07. The van der Waals surface area contributed by atoms with Crippen LogP contribution < -0.4 is 5.32 Å². The number of nitriles is 1. The lowest BCUT2D eigenvalue weighted by molar-refractivity contribution is -0.122. The van der Waals surface area contributed by atoms with Gasteiger partial charge in [0.15, 0.2) is 0 Å². The van der Waals surface area contributed by atoms with Crippen molar-refractivity contribution in [2.75, 3.05) is 0 Å². The van der Waals surface area contributed by atoms with Gasteiger partial charge in [0.2, 0.25) is 5.91 Å². The summed E-state index contributed by atoms with van der Waals surface area (Å²) in [5, 5.41) is 13.9. The number of benzene rings is 1. The summed E-state index contributed by atoms with van der Waals surface area (Å²) >= 11 is 16.8. The van der Waals surface area contributed by atoms with E-state index < -0.39 is 11.5 Å². The average molecular weight is 519 g/mol. The van der Waals surface area contributed by atoms with Crippen molar-refractivity contribution in [1.82, 2.24) is 10.3 Å². The molecule has 7 heteroatoms. The second-order valence-electron chi connectivity index (χ2n) is 7.97. The van der Waals surface area contributed by atoms with Crippen molar-refractivity contribution in [3.63, 3.8) is 0 Å². The highest BCUT2D eigenvalue weighted by atomic mass is 79.9. The zero-order valence-electron chi connectivity index (χ0n) is 17.2. The molecule has 2 aromatic rings. The van der Waals surface area contributed by atoms with Crippen LogP contribution in [0.1, 0.15) is 31.5 Å². The van der Waals surface area contributed by atoms with Crippen LogP contribution in [-0.2, 0) is 11.2 Å². The minimum absolute atomic E-state index is 0.0869. The van der Waals surface area contributed by atoms with Crippen LogP contribution in [0.2, 0.25) is 0 Å². The molecule has 0 bridgehead atoms. The lowest BCUT2D eigenvalue weighted by Gasteiger charge is -2.40. The maximum atomic E-state index is 13.0. The monoisotopic (exact) mass is 517 g/mol. The van der Waals surface area contributed by atoms with E-state index in [1.54, 1.807) is 18.3 Å². The zero-order valence-corrected chi connectivity index (χ0v) is 20.3. The Morgan fingerprint density at radius 3 is 2.55 bits per heavy atom. The largest absolute Gasteiger partial charge is 0.345 e. The maximum Gasteiger partial charge on any atom is 0.226 e. The van der Waals surface area contributed by atoms with E-state index >= 15 is 0 Å². The molecule has 2 unspecified atom stereocenters. The molecule has 1 amide bonds. The molecule has 4 nitrogen and oxygen atoms in total. The fraction of sp³-hybridized carbons (Fsp3) is 0.292. The Kier molecular flexibility index (Phi) is 7.59. The first-order chi connectivity index (χ1) is 14.8. The van der Waals surface area contributed by atoms with Crippen molar-refractivity contribution >= 4 is 50.6 Å². The number of pyridine rings is 1. The third kappa shape index (κ3) is 5.38. The molecule has 1 heterocycles.